The van der Waals surface area contributed by atoms with Gasteiger partial charge in [0.05, 0.1) is 45.2 Å². The van der Waals surface area contributed by atoms with Gasteiger partial charge in [-0.25, -0.2) is 4.79 Å². The molecule has 0 fully saturated rings. The SMILES string of the molecule is COC(=O)c1cc2c3c(cc(O)c2[nH]1)N(C(=O)c1cc2cc(OC)c(OC)c(OC)c2[nH]1)CC3C. The minimum atomic E-state index is -0.536. The Labute approximate surface area is 200 Å². The molecule has 4 aromatic rings. The summed E-state index contributed by atoms with van der Waals surface area (Å²) in [6, 6.07) is 6.70. The maximum absolute atomic E-state index is 13.7. The molecular weight excluding hydrogens is 454 g/mol. The third-order valence-electron chi connectivity index (χ3n) is 6.45. The molecule has 0 spiro atoms. The molecule has 182 valence electrons. The summed E-state index contributed by atoms with van der Waals surface area (Å²) in [5, 5.41) is 12.1. The lowest BCUT2D eigenvalue weighted by atomic mass is 9.99. The lowest BCUT2D eigenvalue weighted by molar-refractivity contribution is 0.0595. The second-order valence-corrected chi connectivity index (χ2v) is 8.40. The molecular formula is C25H25N3O7. The zero-order valence-corrected chi connectivity index (χ0v) is 19.9. The second-order valence-electron chi connectivity index (χ2n) is 8.40. The normalized spacial score (nSPS) is 14.9. The van der Waals surface area contributed by atoms with E-state index in [-0.39, 0.29) is 23.3 Å². The van der Waals surface area contributed by atoms with Gasteiger partial charge in [0.25, 0.3) is 5.91 Å². The second kappa shape index (κ2) is 8.15. The highest BCUT2D eigenvalue weighted by Gasteiger charge is 2.35. The molecule has 2 aromatic heterocycles. The lowest BCUT2D eigenvalue weighted by Gasteiger charge is -2.17. The number of rotatable bonds is 5. The first-order valence-electron chi connectivity index (χ1n) is 10.9. The molecule has 3 N–H and O–H groups in total. The molecule has 1 aliphatic rings. The van der Waals surface area contributed by atoms with Crippen molar-refractivity contribution >= 4 is 39.4 Å². The van der Waals surface area contributed by atoms with E-state index in [0.29, 0.717) is 51.6 Å². The van der Waals surface area contributed by atoms with Crippen LogP contribution in [0.4, 0.5) is 5.69 Å². The lowest BCUT2D eigenvalue weighted by Crippen LogP contribution is -2.29. The first-order chi connectivity index (χ1) is 16.8. The molecule has 2 aromatic carbocycles. The Balaban J connectivity index is 1.62. The van der Waals surface area contributed by atoms with E-state index in [1.165, 1.54) is 28.4 Å². The Bertz CT molecular complexity index is 1500. The molecule has 0 radical (unpaired) electrons. The number of aromatic hydroxyl groups is 1. The number of carbonyl (C=O) groups excluding carboxylic acids is 2. The number of ether oxygens (including phenoxy) is 4. The molecule has 0 bridgehead atoms. The van der Waals surface area contributed by atoms with Gasteiger partial charge in [-0.05, 0) is 23.8 Å². The number of carbonyl (C=O) groups is 2. The van der Waals surface area contributed by atoms with Crippen LogP contribution in [0, 0.1) is 0 Å². The first-order valence-corrected chi connectivity index (χ1v) is 10.9. The number of hydrogen-bond donors (Lipinski definition) is 3. The summed E-state index contributed by atoms with van der Waals surface area (Å²) in [6.07, 6.45) is 0. The van der Waals surface area contributed by atoms with Gasteiger partial charge < -0.3 is 38.9 Å². The highest BCUT2D eigenvalue weighted by molar-refractivity contribution is 6.12. The van der Waals surface area contributed by atoms with E-state index in [2.05, 4.69) is 9.97 Å². The largest absolute Gasteiger partial charge is 0.506 e. The Kier molecular flexibility index (Phi) is 5.23. The number of aromatic nitrogens is 2. The van der Waals surface area contributed by atoms with Crippen LogP contribution in [-0.2, 0) is 4.74 Å². The molecule has 35 heavy (non-hydrogen) atoms. The fourth-order valence-corrected chi connectivity index (χ4v) is 4.91. The molecule has 5 rings (SSSR count). The fourth-order valence-electron chi connectivity index (χ4n) is 4.91. The summed E-state index contributed by atoms with van der Waals surface area (Å²) >= 11 is 0. The Hall–Kier alpha value is -4.34. The third kappa shape index (κ3) is 3.24. The van der Waals surface area contributed by atoms with E-state index in [1.54, 1.807) is 29.2 Å². The number of aromatic amines is 2. The van der Waals surface area contributed by atoms with Crippen molar-refractivity contribution in [3.63, 3.8) is 0 Å². The number of hydrogen-bond acceptors (Lipinski definition) is 7. The maximum atomic E-state index is 13.7. The fraction of sp³-hybridized carbons (Fsp3) is 0.280. The summed E-state index contributed by atoms with van der Waals surface area (Å²) in [7, 11) is 5.86. The monoisotopic (exact) mass is 479 g/mol. The third-order valence-corrected chi connectivity index (χ3v) is 6.45. The highest BCUT2D eigenvalue weighted by Crippen LogP contribution is 2.46. The van der Waals surface area contributed by atoms with E-state index in [9.17, 15) is 14.7 Å². The van der Waals surface area contributed by atoms with Gasteiger partial charge in [0, 0.05) is 29.3 Å². The van der Waals surface area contributed by atoms with Gasteiger partial charge >= 0.3 is 5.97 Å². The minimum Gasteiger partial charge on any atom is -0.506 e. The van der Waals surface area contributed by atoms with Crippen molar-refractivity contribution in [2.75, 3.05) is 39.9 Å². The van der Waals surface area contributed by atoms with Crippen molar-refractivity contribution in [2.45, 2.75) is 12.8 Å². The number of nitrogens with one attached hydrogen (secondary N) is 2. The Morgan fingerprint density at radius 1 is 0.943 bits per heavy atom. The van der Waals surface area contributed by atoms with Gasteiger partial charge in [-0.2, -0.15) is 0 Å². The molecule has 1 amide bonds. The van der Waals surface area contributed by atoms with Gasteiger partial charge in [-0.1, -0.05) is 6.92 Å². The molecule has 1 atom stereocenters. The Morgan fingerprint density at radius 2 is 1.66 bits per heavy atom. The van der Waals surface area contributed by atoms with Crippen LogP contribution in [0.15, 0.2) is 24.3 Å². The zero-order chi connectivity index (χ0) is 25.0. The highest BCUT2D eigenvalue weighted by atomic mass is 16.5. The standard InChI is InChI=1S/C25H25N3O7/c1-11-10-28(16-9-17(29)21-13(19(11)16)8-15(27-21)25(31)35-5)24(30)14-6-12-7-18(32-2)22(33-3)23(34-4)20(12)26-14/h6-9,11,26-27,29H,10H2,1-5H3. The number of fused-ring (bicyclic) bond motifs is 4. The van der Waals surface area contributed by atoms with Crippen molar-refractivity contribution in [3.8, 4) is 23.0 Å². The van der Waals surface area contributed by atoms with Crippen molar-refractivity contribution < 1.29 is 33.6 Å². The summed E-state index contributed by atoms with van der Waals surface area (Å²) in [5.41, 5.74) is 3.07. The molecule has 10 heteroatoms. The molecule has 0 saturated heterocycles. The molecule has 10 nitrogen and oxygen atoms in total. The topological polar surface area (TPSA) is 126 Å². The summed E-state index contributed by atoms with van der Waals surface area (Å²) < 4.78 is 21.2. The Morgan fingerprint density at radius 3 is 2.31 bits per heavy atom. The smallest absolute Gasteiger partial charge is 0.354 e. The number of methoxy groups -OCH3 is 4. The van der Waals surface area contributed by atoms with E-state index in [1.807, 2.05) is 6.92 Å². The van der Waals surface area contributed by atoms with Gasteiger partial charge in [-0.15, -0.1) is 0 Å². The van der Waals surface area contributed by atoms with E-state index >= 15 is 0 Å². The van der Waals surface area contributed by atoms with Crippen LogP contribution in [0.1, 0.15) is 39.4 Å². The predicted octanol–water partition coefficient (Wildman–Crippen LogP) is 3.93. The van der Waals surface area contributed by atoms with Crippen LogP contribution in [0.5, 0.6) is 23.0 Å². The van der Waals surface area contributed by atoms with Crippen LogP contribution in [0.3, 0.4) is 0 Å². The number of benzene rings is 2. The summed E-state index contributed by atoms with van der Waals surface area (Å²) in [6.45, 7) is 2.40. The van der Waals surface area contributed by atoms with E-state index < -0.39 is 5.97 Å². The van der Waals surface area contributed by atoms with Crippen molar-refractivity contribution in [1.82, 2.24) is 9.97 Å². The molecule has 1 aliphatic heterocycles. The van der Waals surface area contributed by atoms with E-state index in [4.69, 9.17) is 18.9 Å². The van der Waals surface area contributed by atoms with E-state index in [0.717, 1.165) is 10.9 Å². The molecule has 3 heterocycles. The van der Waals surface area contributed by atoms with Gasteiger partial charge in [0.2, 0.25) is 5.75 Å². The number of phenolic OH excluding ortho intramolecular Hbond substituents is 1. The molecule has 0 saturated carbocycles. The average Bonchev–Trinajstić information content (AvgIpc) is 3.57. The number of phenols is 1. The van der Waals surface area contributed by atoms with Crippen LogP contribution >= 0.6 is 0 Å². The number of H-pyrrole nitrogens is 2. The van der Waals surface area contributed by atoms with Crippen molar-refractivity contribution in [2.24, 2.45) is 0 Å². The van der Waals surface area contributed by atoms with Crippen LogP contribution in [-0.4, -0.2) is 61.9 Å². The maximum Gasteiger partial charge on any atom is 0.354 e. The zero-order valence-electron chi connectivity index (χ0n) is 19.9. The number of anilines is 1. The minimum absolute atomic E-state index is 0.0301. The molecule has 1 unspecified atom stereocenters. The van der Waals surface area contributed by atoms with Gasteiger partial charge in [0.15, 0.2) is 11.5 Å². The average molecular weight is 479 g/mol. The number of amides is 1. The number of nitrogens with zero attached hydrogens (tertiary/aromatic N) is 1. The van der Waals surface area contributed by atoms with Gasteiger partial charge in [0.1, 0.15) is 17.1 Å². The van der Waals surface area contributed by atoms with Crippen molar-refractivity contribution in [1.29, 1.82) is 0 Å². The quantitative estimate of drug-likeness (QED) is 0.370. The van der Waals surface area contributed by atoms with Crippen LogP contribution in [0.2, 0.25) is 0 Å². The summed E-state index contributed by atoms with van der Waals surface area (Å²) in [5.74, 6) is 0.435. The van der Waals surface area contributed by atoms with Crippen LogP contribution in [0.25, 0.3) is 21.8 Å². The molecule has 0 aliphatic carbocycles. The van der Waals surface area contributed by atoms with Crippen molar-refractivity contribution in [3.05, 3.63) is 41.2 Å². The predicted molar refractivity (Wildman–Crippen MR) is 129 cm³/mol. The summed E-state index contributed by atoms with van der Waals surface area (Å²) in [4.78, 5) is 33.4. The van der Waals surface area contributed by atoms with Crippen LogP contribution < -0.4 is 19.1 Å². The first kappa shape index (κ1) is 22.5. The van der Waals surface area contributed by atoms with Gasteiger partial charge in [-0.3, -0.25) is 4.79 Å². The number of esters is 1.